The van der Waals surface area contributed by atoms with Crippen LogP contribution in [0.25, 0.3) is 0 Å². The summed E-state index contributed by atoms with van der Waals surface area (Å²) in [7, 11) is 2.19. The number of hydrogen-bond donors (Lipinski definition) is 0. The molecule has 0 amide bonds. The van der Waals surface area contributed by atoms with Crippen LogP contribution in [0.2, 0.25) is 0 Å². The van der Waals surface area contributed by atoms with Crippen LogP contribution >= 0.6 is 16.5 Å². The topological polar surface area (TPSA) is 0 Å². The van der Waals surface area contributed by atoms with E-state index in [0.717, 1.165) is 16.5 Å². The Morgan fingerprint density at radius 2 is 1.92 bits per heavy atom. The van der Waals surface area contributed by atoms with Crippen molar-refractivity contribution in [2.24, 2.45) is 0 Å². The average Bonchev–Trinajstić information content (AvgIpc) is 2.14. The number of unbranched alkanes of at least 4 members (excludes halogenated alkanes) is 1. The maximum Gasteiger partial charge on any atom is -0.0230 e. The van der Waals surface area contributed by atoms with E-state index in [-0.39, 0.29) is 0 Å². The van der Waals surface area contributed by atoms with Gasteiger partial charge in [-0.25, -0.2) is 0 Å². The molecule has 0 aliphatic carbocycles. The van der Waals surface area contributed by atoms with Gasteiger partial charge in [-0.05, 0) is 17.9 Å². The first-order valence-corrected chi connectivity index (χ1v) is 7.68. The Hall–Kier alpha value is 0.0800. The SMILES string of the molecule is CCCCPPc1ccccc1. The second-order valence-corrected chi connectivity index (χ2v) is 6.26. The summed E-state index contributed by atoms with van der Waals surface area (Å²) < 4.78 is 0. The molecule has 0 saturated carbocycles. The first kappa shape index (κ1) is 10.2. The average molecular weight is 198 g/mol. The lowest BCUT2D eigenvalue weighted by molar-refractivity contribution is 0.896. The Kier molecular flexibility index (Phi) is 5.57. The molecule has 0 saturated heterocycles. The Morgan fingerprint density at radius 1 is 1.17 bits per heavy atom. The highest BCUT2D eigenvalue weighted by atomic mass is 32.0. The molecule has 0 spiro atoms. The summed E-state index contributed by atoms with van der Waals surface area (Å²) in [6.45, 7) is 2.26. The lowest BCUT2D eigenvalue weighted by Crippen LogP contribution is -1.87. The van der Waals surface area contributed by atoms with Crippen LogP contribution in [0.15, 0.2) is 30.3 Å². The van der Waals surface area contributed by atoms with Crippen LogP contribution in [0, 0.1) is 0 Å². The van der Waals surface area contributed by atoms with E-state index in [1.807, 2.05) is 0 Å². The highest BCUT2D eigenvalue weighted by Crippen LogP contribution is 2.36. The summed E-state index contributed by atoms with van der Waals surface area (Å²) in [5.41, 5.74) is 0. The van der Waals surface area contributed by atoms with Gasteiger partial charge in [0.1, 0.15) is 0 Å². The molecule has 0 N–H and O–H groups in total. The minimum atomic E-state index is 1.04. The molecule has 0 bridgehead atoms. The molecule has 0 heterocycles. The van der Waals surface area contributed by atoms with Gasteiger partial charge in [0.2, 0.25) is 0 Å². The molecule has 2 unspecified atom stereocenters. The van der Waals surface area contributed by atoms with E-state index in [1.54, 1.807) is 0 Å². The van der Waals surface area contributed by atoms with Crippen molar-refractivity contribution in [1.82, 2.24) is 0 Å². The van der Waals surface area contributed by atoms with Crippen LogP contribution in [0.5, 0.6) is 0 Å². The molecular weight excluding hydrogens is 182 g/mol. The van der Waals surface area contributed by atoms with Crippen LogP contribution in [-0.2, 0) is 0 Å². The molecule has 0 radical (unpaired) electrons. The molecule has 0 aromatic heterocycles. The summed E-state index contributed by atoms with van der Waals surface area (Å²) in [6.07, 6.45) is 4.16. The highest BCUT2D eigenvalue weighted by Gasteiger charge is 1.89. The monoisotopic (exact) mass is 198 g/mol. The second-order valence-electron chi connectivity index (χ2n) is 2.77. The lowest BCUT2D eigenvalue weighted by Gasteiger charge is -2.00. The summed E-state index contributed by atoms with van der Waals surface area (Å²) in [5.74, 6) is 0. The standard InChI is InChI=1S/C10H16P2/c1-2-3-9-11-12-10-7-5-4-6-8-10/h4-8,11-12H,2-3,9H2,1H3. The van der Waals surface area contributed by atoms with Crippen molar-refractivity contribution >= 4 is 21.8 Å². The van der Waals surface area contributed by atoms with Crippen molar-refractivity contribution in [2.45, 2.75) is 19.8 Å². The number of hydrogen-bond acceptors (Lipinski definition) is 0. The minimum Gasteiger partial charge on any atom is -0.0946 e. The molecule has 0 fully saturated rings. The van der Waals surface area contributed by atoms with E-state index in [1.165, 1.54) is 24.3 Å². The van der Waals surface area contributed by atoms with Gasteiger partial charge in [-0.1, -0.05) is 60.2 Å². The molecule has 1 aromatic carbocycles. The fourth-order valence-corrected chi connectivity index (χ4v) is 4.19. The van der Waals surface area contributed by atoms with Crippen molar-refractivity contribution < 1.29 is 0 Å². The lowest BCUT2D eigenvalue weighted by atomic mass is 10.4. The van der Waals surface area contributed by atoms with Crippen molar-refractivity contribution in [3.8, 4) is 0 Å². The highest BCUT2D eigenvalue weighted by molar-refractivity contribution is 8.15. The van der Waals surface area contributed by atoms with E-state index in [0.29, 0.717) is 0 Å². The predicted molar refractivity (Wildman–Crippen MR) is 62.5 cm³/mol. The van der Waals surface area contributed by atoms with E-state index in [2.05, 4.69) is 37.3 Å². The molecular formula is C10H16P2. The van der Waals surface area contributed by atoms with E-state index < -0.39 is 0 Å². The largest absolute Gasteiger partial charge is 0.0946 e. The van der Waals surface area contributed by atoms with Gasteiger partial charge in [-0.2, -0.15) is 0 Å². The molecule has 0 aliphatic rings. The van der Waals surface area contributed by atoms with Crippen LogP contribution in [0.1, 0.15) is 19.8 Å². The first-order chi connectivity index (χ1) is 5.93. The first-order valence-electron chi connectivity index (χ1n) is 4.47. The van der Waals surface area contributed by atoms with Crippen LogP contribution in [0.4, 0.5) is 0 Å². The molecule has 1 aromatic rings. The molecule has 2 atom stereocenters. The van der Waals surface area contributed by atoms with Gasteiger partial charge in [0.15, 0.2) is 0 Å². The Morgan fingerprint density at radius 3 is 2.58 bits per heavy atom. The summed E-state index contributed by atoms with van der Waals surface area (Å²) in [6, 6.07) is 10.8. The van der Waals surface area contributed by atoms with E-state index in [9.17, 15) is 0 Å². The van der Waals surface area contributed by atoms with Gasteiger partial charge >= 0.3 is 0 Å². The molecule has 66 valence electrons. The zero-order valence-corrected chi connectivity index (χ0v) is 9.51. The molecule has 2 heteroatoms. The summed E-state index contributed by atoms with van der Waals surface area (Å²) in [4.78, 5) is 0. The zero-order valence-electron chi connectivity index (χ0n) is 7.51. The van der Waals surface area contributed by atoms with Gasteiger partial charge in [-0.15, -0.1) is 0 Å². The summed E-state index contributed by atoms with van der Waals surface area (Å²) in [5, 5.41) is 1.52. The van der Waals surface area contributed by atoms with Crippen LogP contribution in [-0.4, -0.2) is 6.16 Å². The van der Waals surface area contributed by atoms with Crippen LogP contribution in [0.3, 0.4) is 0 Å². The van der Waals surface area contributed by atoms with Crippen molar-refractivity contribution in [1.29, 1.82) is 0 Å². The van der Waals surface area contributed by atoms with Crippen LogP contribution < -0.4 is 5.30 Å². The third kappa shape index (κ3) is 4.19. The molecule has 1 rings (SSSR count). The fraction of sp³-hybridized carbons (Fsp3) is 0.400. The minimum absolute atomic E-state index is 1.04. The van der Waals surface area contributed by atoms with Gasteiger partial charge in [0.25, 0.3) is 0 Å². The predicted octanol–water partition coefficient (Wildman–Crippen LogP) is 3.38. The fourth-order valence-electron chi connectivity index (χ4n) is 0.951. The second kappa shape index (κ2) is 6.58. The Balaban J connectivity index is 2.16. The number of rotatable bonds is 5. The van der Waals surface area contributed by atoms with Gasteiger partial charge in [0.05, 0.1) is 0 Å². The maximum absolute atomic E-state index is 2.26. The molecule has 12 heavy (non-hydrogen) atoms. The van der Waals surface area contributed by atoms with Crippen molar-refractivity contribution in [2.75, 3.05) is 6.16 Å². The molecule has 0 nitrogen and oxygen atoms in total. The van der Waals surface area contributed by atoms with Gasteiger partial charge in [0, 0.05) is 0 Å². The Labute approximate surface area is 78.6 Å². The van der Waals surface area contributed by atoms with Gasteiger partial charge in [-0.3, -0.25) is 0 Å². The zero-order chi connectivity index (χ0) is 8.65. The smallest absolute Gasteiger partial charge is 0.0230 e. The van der Waals surface area contributed by atoms with Crippen molar-refractivity contribution in [3.63, 3.8) is 0 Å². The van der Waals surface area contributed by atoms with E-state index in [4.69, 9.17) is 0 Å². The van der Waals surface area contributed by atoms with Gasteiger partial charge < -0.3 is 0 Å². The Bertz CT molecular complexity index is 196. The summed E-state index contributed by atoms with van der Waals surface area (Å²) >= 11 is 0. The quantitative estimate of drug-likeness (QED) is 0.502. The van der Waals surface area contributed by atoms with Crippen molar-refractivity contribution in [3.05, 3.63) is 30.3 Å². The molecule has 0 aliphatic heterocycles. The normalized spacial score (nSPS) is 12.1. The van der Waals surface area contributed by atoms with E-state index >= 15 is 0 Å². The third-order valence-corrected chi connectivity index (χ3v) is 5.21. The third-order valence-electron chi connectivity index (χ3n) is 1.66. The maximum atomic E-state index is 2.26. The number of benzene rings is 1.